The van der Waals surface area contributed by atoms with Gasteiger partial charge in [-0.25, -0.2) is 4.79 Å². The van der Waals surface area contributed by atoms with E-state index < -0.39 is 12.0 Å². The van der Waals surface area contributed by atoms with E-state index in [2.05, 4.69) is 5.32 Å². The Bertz CT molecular complexity index is 601. The minimum absolute atomic E-state index is 0.567. The van der Waals surface area contributed by atoms with E-state index in [4.69, 9.17) is 11.6 Å². The number of carbonyl (C=O) groups is 1. The Hall–Kier alpha value is -1.65. The third-order valence-corrected chi connectivity index (χ3v) is 3.81. The van der Waals surface area contributed by atoms with E-state index >= 15 is 0 Å². The van der Waals surface area contributed by atoms with Gasteiger partial charge >= 0.3 is 5.97 Å². The van der Waals surface area contributed by atoms with Crippen LogP contribution in [0.3, 0.4) is 0 Å². The zero-order chi connectivity index (χ0) is 14.5. The lowest BCUT2D eigenvalue weighted by Crippen LogP contribution is -2.20. The molecule has 2 rings (SSSR count). The van der Waals surface area contributed by atoms with Crippen LogP contribution in [0.1, 0.15) is 11.6 Å². The molecule has 5 heteroatoms. The van der Waals surface area contributed by atoms with Crippen molar-refractivity contribution in [1.82, 2.24) is 0 Å². The van der Waals surface area contributed by atoms with Crippen molar-refractivity contribution in [2.75, 3.05) is 11.6 Å². The second-order valence-corrected chi connectivity index (χ2v) is 5.52. The molecule has 0 heterocycles. The van der Waals surface area contributed by atoms with Crippen molar-refractivity contribution in [2.24, 2.45) is 0 Å². The van der Waals surface area contributed by atoms with Gasteiger partial charge in [-0.1, -0.05) is 29.8 Å². The molecule has 0 radical (unpaired) electrons. The van der Waals surface area contributed by atoms with Gasteiger partial charge in [0.15, 0.2) is 6.04 Å². The third kappa shape index (κ3) is 3.68. The van der Waals surface area contributed by atoms with Crippen molar-refractivity contribution in [1.29, 1.82) is 0 Å². The fourth-order valence-electron chi connectivity index (χ4n) is 1.83. The number of anilines is 1. The van der Waals surface area contributed by atoms with Crippen LogP contribution in [0.4, 0.5) is 5.69 Å². The van der Waals surface area contributed by atoms with Crippen LogP contribution < -0.4 is 5.32 Å². The summed E-state index contributed by atoms with van der Waals surface area (Å²) in [4.78, 5) is 12.5. The number of rotatable bonds is 5. The van der Waals surface area contributed by atoms with Gasteiger partial charge in [0.2, 0.25) is 0 Å². The van der Waals surface area contributed by atoms with E-state index in [1.807, 2.05) is 30.5 Å². The molecule has 0 spiro atoms. The fraction of sp³-hybridized carbons (Fsp3) is 0.133. The molecule has 104 valence electrons. The molecule has 0 aliphatic rings. The summed E-state index contributed by atoms with van der Waals surface area (Å²) in [5.74, 6) is -0.929. The lowest BCUT2D eigenvalue weighted by Gasteiger charge is -2.16. The number of hydrogen-bond donors (Lipinski definition) is 2. The minimum Gasteiger partial charge on any atom is -0.479 e. The first kappa shape index (κ1) is 14.8. The molecular weight excluding hydrogens is 294 g/mol. The van der Waals surface area contributed by atoms with E-state index in [0.717, 1.165) is 4.90 Å². The van der Waals surface area contributed by atoms with Crippen LogP contribution in [0, 0.1) is 0 Å². The zero-order valence-electron chi connectivity index (χ0n) is 10.8. The molecule has 0 saturated carbocycles. The second-order valence-electron chi connectivity index (χ2n) is 4.20. The van der Waals surface area contributed by atoms with Crippen molar-refractivity contribution in [3.8, 4) is 0 Å². The molecule has 0 aliphatic heterocycles. The number of aliphatic carboxylic acids is 1. The molecule has 3 nitrogen and oxygen atoms in total. The summed E-state index contributed by atoms with van der Waals surface area (Å²) >= 11 is 7.52. The standard InChI is InChI=1S/C15H14ClNO2S/c1-20-13-7-5-10(6-8-13)14(15(18)19)17-12-4-2-3-11(16)9-12/h2-9,14,17H,1H3,(H,18,19). The van der Waals surface area contributed by atoms with Crippen LogP contribution in [-0.2, 0) is 4.79 Å². The number of carboxylic acids is 1. The van der Waals surface area contributed by atoms with E-state index in [1.54, 1.807) is 36.0 Å². The maximum absolute atomic E-state index is 11.4. The number of halogens is 1. The van der Waals surface area contributed by atoms with Crippen LogP contribution in [0.25, 0.3) is 0 Å². The molecule has 0 saturated heterocycles. The van der Waals surface area contributed by atoms with Crippen LogP contribution in [0.2, 0.25) is 5.02 Å². The van der Waals surface area contributed by atoms with Crippen molar-refractivity contribution < 1.29 is 9.90 Å². The summed E-state index contributed by atoms with van der Waals surface area (Å²) in [7, 11) is 0. The average Bonchev–Trinajstić information content (AvgIpc) is 2.45. The normalized spacial score (nSPS) is 11.9. The summed E-state index contributed by atoms with van der Waals surface area (Å²) in [5.41, 5.74) is 1.38. The van der Waals surface area contributed by atoms with Crippen LogP contribution in [0.15, 0.2) is 53.4 Å². The largest absolute Gasteiger partial charge is 0.479 e. The molecule has 0 aromatic heterocycles. The van der Waals surface area contributed by atoms with Crippen molar-refractivity contribution in [3.05, 3.63) is 59.1 Å². The Labute approximate surface area is 127 Å². The first-order valence-corrected chi connectivity index (χ1v) is 7.59. The molecule has 1 atom stereocenters. The van der Waals surface area contributed by atoms with Crippen LogP contribution in [0.5, 0.6) is 0 Å². The van der Waals surface area contributed by atoms with Gasteiger partial charge in [-0.2, -0.15) is 0 Å². The lowest BCUT2D eigenvalue weighted by atomic mass is 10.1. The van der Waals surface area contributed by atoms with E-state index in [-0.39, 0.29) is 0 Å². The smallest absolute Gasteiger partial charge is 0.330 e. The Balaban J connectivity index is 2.24. The number of thioether (sulfide) groups is 1. The Morgan fingerprint density at radius 1 is 1.25 bits per heavy atom. The number of hydrogen-bond acceptors (Lipinski definition) is 3. The first-order chi connectivity index (χ1) is 9.60. The lowest BCUT2D eigenvalue weighted by molar-refractivity contribution is -0.138. The van der Waals surface area contributed by atoms with Gasteiger partial charge in [0.25, 0.3) is 0 Å². The average molecular weight is 308 g/mol. The highest BCUT2D eigenvalue weighted by molar-refractivity contribution is 7.98. The predicted octanol–water partition coefficient (Wildman–Crippen LogP) is 4.30. The molecule has 2 aromatic rings. The highest BCUT2D eigenvalue weighted by atomic mass is 35.5. The Kier molecular flexibility index (Phi) is 4.93. The molecule has 2 aromatic carbocycles. The van der Waals surface area contributed by atoms with E-state index in [0.29, 0.717) is 16.3 Å². The highest BCUT2D eigenvalue weighted by Crippen LogP contribution is 2.24. The van der Waals surface area contributed by atoms with Crippen molar-refractivity contribution in [3.63, 3.8) is 0 Å². The molecule has 0 amide bonds. The van der Waals surface area contributed by atoms with Crippen LogP contribution in [-0.4, -0.2) is 17.3 Å². The molecule has 2 N–H and O–H groups in total. The second kappa shape index (κ2) is 6.68. The van der Waals surface area contributed by atoms with Gasteiger partial charge in [0.05, 0.1) is 0 Å². The first-order valence-electron chi connectivity index (χ1n) is 5.99. The fourth-order valence-corrected chi connectivity index (χ4v) is 2.43. The van der Waals surface area contributed by atoms with Crippen LogP contribution >= 0.6 is 23.4 Å². The van der Waals surface area contributed by atoms with E-state index in [9.17, 15) is 9.90 Å². The maximum atomic E-state index is 11.4. The Morgan fingerprint density at radius 2 is 1.95 bits per heavy atom. The van der Waals surface area contributed by atoms with E-state index in [1.165, 1.54) is 0 Å². The SMILES string of the molecule is CSc1ccc(C(Nc2cccc(Cl)c2)C(=O)O)cc1. The van der Waals surface area contributed by atoms with Crippen molar-refractivity contribution >= 4 is 35.0 Å². The molecule has 20 heavy (non-hydrogen) atoms. The summed E-state index contributed by atoms with van der Waals surface area (Å²) in [6.45, 7) is 0. The topological polar surface area (TPSA) is 49.3 Å². The highest BCUT2D eigenvalue weighted by Gasteiger charge is 2.19. The molecular formula is C15H14ClNO2S. The zero-order valence-corrected chi connectivity index (χ0v) is 12.4. The minimum atomic E-state index is -0.929. The van der Waals surface area contributed by atoms with Gasteiger partial charge in [0.1, 0.15) is 0 Å². The number of benzene rings is 2. The molecule has 1 unspecified atom stereocenters. The quantitative estimate of drug-likeness (QED) is 0.809. The molecule has 0 aliphatic carbocycles. The molecule has 0 fully saturated rings. The Morgan fingerprint density at radius 3 is 2.50 bits per heavy atom. The summed E-state index contributed by atoms with van der Waals surface area (Å²) in [6, 6.07) is 13.7. The van der Waals surface area contributed by atoms with Gasteiger partial charge in [-0.3, -0.25) is 0 Å². The van der Waals surface area contributed by atoms with Gasteiger partial charge in [-0.15, -0.1) is 11.8 Å². The number of nitrogens with one attached hydrogen (secondary N) is 1. The summed E-state index contributed by atoms with van der Waals surface area (Å²) in [6.07, 6.45) is 1.98. The monoisotopic (exact) mass is 307 g/mol. The van der Waals surface area contributed by atoms with Gasteiger partial charge in [0, 0.05) is 15.6 Å². The van der Waals surface area contributed by atoms with Gasteiger partial charge in [-0.05, 0) is 42.2 Å². The maximum Gasteiger partial charge on any atom is 0.330 e. The summed E-state index contributed by atoms with van der Waals surface area (Å²) in [5, 5.41) is 12.9. The molecule has 0 bridgehead atoms. The summed E-state index contributed by atoms with van der Waals surface area (Å²) < 4.78 is 0. The van der Waals surface area contributed by atoms with Crippen molar-refractivity contribution in [2.45, 2.75) is 10.9 Å². The predicted molar refractivity (Wildman–Crippen MR) is 83.7 cm³/mol. The third-order valence-electron chi connectivity index (χ3n) is 2.83. The van der Waals surface area contributed by atoms with Gasteiger partial charge < -0.3 is 10.4 Å². The number of carboxylic acid groups (broad SMARTS) is 1.